The van der Waals surface area contributed by atoms with Crippen LogP contribution in [-0.2, 0) is 4.79 Å². The average Bonchev–Trinajstić information content (AvgIpc) is 3.23. The minimum atomic E-state index is -0.109. The SMILES string of the molecule is C=CCN1C(=O)/C(=C/c2ccc3c(c2)OCO3)S/C1=N/c1ccccn1. The summed E-state index contributed by atoms with van der Waals surface area (Å²) in [6.07, 6.45) is 5.17. The predicted molar refractivity (Wildman–Crippen MR) is 101 cm³/mol. The lowest BCUT2D eigenvalue weighted by Crippen LogP contribution is -2.29. The first-order valence-electron chi connectivity index (χ1n) is 7.96. The van der Waals surface area contributed by atoms with Gasteiger partial charge in [0.2, 0.25) is 6.79 Å². The molecule has 0 unspecified atom stereocenters. The molecule has 0 saturated carbocycles. The number of aromatic nitrogens is 1. The first-order chi connectivity index (χ1) is 12.7. The summed E-state index contributed by atoms with van der Waals surface area (Å²) in [6, 6.07) is 11.1. The molecule has 2 aliphatic heterocycles. The predicted octanol–water partition coefficient (Wildman–Crippen LogP) is 3.60. The monoisotopic (exact) mass is 365 g/mol. The highest BCUT2D eigenvalue weighted by atomic mass is 32.2. The highest BCUT2D eigenvalue weighted by Crippen LogP contribution is 2.36. The van der Waals surface area contributed by atoms with E-state index in [9.17, 15) is 4.79 Å². The number of rotatable bonds is 4. The van der Waals surface area contributed by atoms with E-state index in [1.165, 1.54) is 11.8 Å². The van der Waals surface area contributed by atoms with Crippen LogP contribution < -0.4 is 9.47 Å². The Morgan fingerprint density at radius 3 is 2.96 bits per heavy atom. The molecule has 0 radical (unpaired) electrons. The van der Waals surface area contributed by atoms with Gasteiger partial charge in [0.25, 0.3) is 5.91 Å². The van der Waals surface area contributed by atoms with E-state index in [2.05, 4.69) is 16.6 Å². The summed E-state index contributed by atoms with van der Waals surface area (Å²) in [5, 5.41) is 0.584. The first kappa shape index (κ1) is 16.4. The van der Waals surface area contributed by atoms with E-state index in [0.717, 1.165) is 5.56 Å². The van der Waals surface area contributed by atoms with Crippen LogP contribution >= 0.6 is 11.8 Å². The summed E-state index contributed by atoms with van der Waals surface area (Å²) in [7, 11) is 0. The Hall–Kier alpha value is -3.06. The van der Waals surface area contributed by atoms with Crippen LogP contribution in [0.3, 0.4) is 0 Å². The molecule has 1 amide bonds. The number of amides is 1. The molecule has 0 spiro atoms. The number of hydrogen-bond donors (Lipinski definition) is 0. The van der Waals surface area contributed by atoms with Crippen molar-refractivity contribution < 1.29 is 14.3 Å². The summed E-state index contributed by atoms with van der Waals surface area (Å²) < 4.78 is 10.7. The molecule has 2 aliphatic rings. The molecule has 1 fully saturated rings. The fourth-order valence-electron chi connectivity index (χ4n) is 2.55. The lowest BCUT2D eigenvalue weighted by atomic mass is 10.2. The van der Waals surface area contributed by atoms with E-state index in [1.807, 2.05) is 36.4 Å². The summed E-state index contributed by atoms with van der Waals surface area (Å²) in [6.45, 7) is 4.33. The molecule has 7 heteroatoms. The summed E-state index contributed by atoms with van der Waals surface area (Å²) >= 11 is 1.32. The van der Waals surface area contributed by atoms with Crippen LogP contribution in [0.25, 0.3) is 6.08 Å². The maximum atomic E-state index is 12.8. The van der Waals surface area contributed by atoms with Crippen molar-refractivity contribution in [3.63, 3.8) is 0 Å². The Balaban J connectivity index is 1.66. The molecule has 1 saturated heterocycles. The second kappa shape index (κ2) is 7.05. The van der Waals surface area contributed by atoms with Crippen molar-refractivity contribution in [2.75, 3.05) is 13.3 Å². The summed E-state index contributed by atoms with van der Waals surface area (Å²) in [5.74, 6) is 1.84. The van der Waals surface area contributed by atoms with Crippen LogP contribution in [-0.4, -0.2) is 34.3 Å². The van der Waals surface area contributed by atoms with Crippen molar-refractivity contribution in [2.24, 2.45) is 4.99 Å². The van der Waals surface area contributed by atoms with Gasteiger partial charge in [-0.15, -0.1) is 6.58 Å². The molecule has 1 aromatic heterocycles. The second-order valence-electron chi connectivity index (χ2n) is 5.51. The molecule has 0 N–H and O–H groups in total. The number of pyridine rings is 1. The van der Waals surface area contributed by atoms with Crippen LogP contribution in [0, 0.1) is 0 Å². The van der Waals surface area contributed by atoms with Gasteiger partial charge in [0.05, 0.1) is 4.91 Å². The van der Waals surface area contributed by atoms with Gasteiger partial charge in [-0.3, -0.25) is 9.69 Å². The maximum Gasteiger partial charge on any atom is 0.267 e. The Labute approximate surface area is 154 Å². The van der Waals surface area contributed by atoms with Crippen LogP contribution in [0.1, 0.15) is 5.56 Å². The molecule has 0 aliphatic carbocycles. The second-order valence-corrected chi connectivity index (χ2v) is 6.52. The number of thioether (sulfide) groups is 1. The number of aliphatic imine (C=N–C) groups is 1. The Morgan fingerprint density at radius 2 is 2.15 bits per heavy atom. The Bertz CT molecular complexity index is 925. The lowest BCUT2D eigenvalue weighted by Gasteiger charge is -2.12. The highest BCUT2D eigenvalue weighted by Gasteiger charge is 2.32. The molecule has 130 valence electrons. The number of carbonyl (C=O) groups excluding carboxylic acids is 1. The van der Waals surface area contributed by atoms with Crippen molar-refractivity contribution in [3.8, 4) is 11.5 Å². The van der Waals surface area contributed by atoms with Gasteiger partial charge in [0.15, 0.2) is 22.5 Å². The van der Waals surface area contributed by atoms with E-state index in [4.69, 9.17) is 9.47 Å². The summed E-state index contributed by atoms with van der Waals surface area (Å²) in [5.41, 5.74) is 0.864. The topological polar surface area (TPSA) is 64.0 Å². The highest BCUT2D eigenvalue weighted by molar-refractivity contribution is 8.18. The number of carbonyl (C=O) groups is 1. The molecule has 26 heavy (non-hydrogen) atoms. The van der Waals surface area contributed by atoms with Gasteiger partial charge < -0.3 is 9.47 Å². The molecular formula is C19H15N3O3S. The lowest BCUT2D eigenvalue weighted by molar-refractivity contribution is -0.121. The van der Waals surface area contributed by atoms with Gasteiger partial charge in [-0.25, -0.2) is 9.98 Å². The zero-order chi connectivity index (χ0) is 17.9. The number of fused-ring (bicyclic) bond motifs is 1. The molecule has 4 rings (SSSR count). The molecule has 0 atom stereocenters. The summed E-state index contributed by atoms with van der Waals surface area (Å²) in [4.78, 5) is 23.6. The largest absolute Gasteiger partial charge is 0.454 e. The number of amidine groups is 1. The third-order valence-electron chi connectivity index (χ3n) is 3.75. The quantitative estimate of drug-likeness (QED) is 0.612. The number of nitrogens with zero attached hydrogens (tertiary/aromatic N) is 3. The van der Waals surface area contributed by atoms with Crippen LogP contribution in [0.4, 0.5) is 5.82 Å². The van der Waals surface area contributed by atoms with Crippen molar-refractivity contribution in [2.45, 2.75) is 0 Å². The standard InChI is InChI=1S/C19H15N3O3S/c1-2-9-22-18(23)16(26-19(22)21-17-5-3-4-8-20-17)11-13-6-7-14-15(10-13)25-12-24-14/h2-8,10-11H,1,9,12H2/b16-11-,21-19+. The van der Waals surface area contributed by atoms with Crippen molar-refractivity contribution in [1.29, 1.82) is 0 Å². The zero-order valence-electron chi connectivity index (χ0n) is 13.8. The van der Waals surface area contributed by atoms with Gasteiger partial charge in [0.1, 0.15) is 0 Å². The first-order valence-corrected chi connectivity index (χ1v) is 8.78. The van der Waals surface area contributed by atoms with Crippen molar-refractivity contribution in [3.05, 3.63) is 65.7 Å². The molecule has 3 heterocycles. The fourth-order valence-corrected chi connectivity index (χ4v) is 3.55. The Kier molecular flexibility index (Phi) is 4.45. The van der Waals surface area contributed by atoms with Gasteiger partial charge in [-0.05, 0) is 47.7 Å². The normalized spacial score (nSPS) is 18.8. The minimum Gasteiger partial charge on any atom is -0.454 e. The van der Waals surface area contributed by atoms with E-state index in [1.54, 1.807) is 23.2 Å². The van der Waals surface area contributed by atoms with Crippen LogP contribution in [0.2, 0.25) is 0 Å². The molecule has 2 aromatic rings. The Morgan fingerprint density at radius 1 is 1.27 bits per heavy atom. The van der Waals surface area contributed by atoms with Crippen LogP contribution in [0.15, 0.2) is 65.1 Å². The smallest absolute Gasteiger partial charge is 0.267 e. The van der Waals surface area contributed by atoms with E-state index in [-0.39, 0.29) is 12.7 Å². The van der Waals surface area contributed by atoms with Crippen molar-refractivity contribution >= 4 is 34.7 Å². The van der Waals surface area contributed by atoms with Crippen molar-refractivity contribution in [1.82, 2.24) is 9.88 Å². The third-order valence-corrected chi connectivity index (χ3v) is 4.76. The number of ether oxygens (including phenoxy) is 2. The molecule has 1 aromatic carbocycles. The molecular weight excluding hydrogens is 350 g/mol. The minimum absolute atomic E-state index is 0.109. The van der Waals surface area contributed by atoms with E-state index >= 15 is 0 Å². The zero-order valence-corrected chi connectivity index (χ0v) is 14.6. The maximum absolute atomic E-state index is 12.8. The van der Waals surface area contributed by atoms with Gasteiger partial charge in [-0.1, -0.05) is 18.2 Å². The fraction of sp³-hybridized carbons (Fsp3) is 0.105. The molecule has 0 bridgehead atoms. The number of hydrogen-bond acceptors (Lipinski definition) is 6. The molecule has 6 nitrogen and oxygen atoms in total. The third kappa shape index (κ3) is 3.21. The van der Waals surface area contributed by atoms with Gasteiger partial charge in [0, 0.05) is 12.7 Å². The van der Waals surface area contributed by atoms with Gasteiger partial charge >= 0.3 is 0 Å². The van der Waals surface area contributed by atoms with Gasteiger partial charge in [-0.2, -0.15) is 0 Å². The van der Waals surface area contributed by atoms with E-state index in [0.29, 0.717) is 33.9 Å². The van der Waals surface area contributed by atoms with E-state index < -0.39 is 0 Å². The van der Waals surface area contributed by atoms with Crippen LogP contribution in [0.5, 0.6) is 11.5 Å². The average molecular weight is 365 g/mol. The number of benzene rings is 1.